The van der Waals surface area contributed by atoms with E-state index in [1.165, 1.54) is 35.7 Å². The van der Waals surface area contributed by atoms with Crippen LogP contribution in [0.1, 0.15) is 0 Å². The summed E-state index contributed by atoms with van der Waals surface area (Å²) < 4.78 is 0.865. The van der Waals surface area contributed by atoms with Gasteiger partial charge in [0.2, 0.25) is 0 Å². The van der Waals surface area contributed by atoms with Gasteiger partial charge in [-0.15, -0.1) is 0 Å². The molecule has 1 heterocycles. The first-order valence-electron chi connectivity index (χ1n) is 4.55. The van der Waals surface area contributed by atoms with Gasteiger partial charge in [-0.2, -0.15) is 0 Å². The van der Waals surface area contributed by atoms with Crippen LogP contribution in [-0.4, -0.2) is 48.4 Å². The first kappa shape index (κ1) is 14.6. The Hall–Kier alpha value is 0.559. The summed E-state index contributed by atoms with van der Waals surface area (Å²) in [6.45, 7) is 6.95. The predicted molar refractivity (Wildman–Crippen MR) is 74.3 cm³/mol. The van der Waals surface area contributed by atoms with Crippen LogP contribution in [0.3, 0.4) is 0 Å². The molecule has 1 fully saturated rings. The van der Waals surface area contributed by atoms with E-state index in [0.29, 0.717) is 38.2 Å². The molecule has 1 saturated heterocycles. The Balaban J connectivity index is 2.40. The molecule has 0 aromatic rings. The van der Waals surface area contributed by atoms with E-state index in [4.69, 9.17) is 0 Å². The van der Waals surface area contributed by atoms with Gasteiger partial charge in [0, 0.05) is 0 Å². The molecule has 2 atom stereocenters. The van der Waals surface area contributed by atoms with Crippen LogP contribution >= 0.6 is 23.5 Å². The van der Waals surface area contributed by atoms with Crippen LogP contribution in [-0.2, 0) is 9.59 Å². The number of carbonyl (C=O) groups is 2. The predicted octanol–water partition coefficient (Wildman–Crippen LogP) is 1.79. The Labute approximate surface area is 117 Å². The van der Waals surface area contributed by atoms with Crippen LogP contribution in [0, 0.1) is 0 Å². The molecule has 0 N–H and O–H groups in total. The molecule has 1 aliphatic heterocycles. The van der Waals surface area contributed by atoms with Gasteiger partial charge in [-0.05, 0) is 0 Å². The monoisotopic (exact) mass is 388 g/mol. The summed E-state index contributed by atoms with van der Waals surface area (Å²) in [5, 5.41) is 2.42. The maximum atomic E-state index is 11.2. The van der Waals surface area contributed by atoms with Gasteiger partial charge in [0.25, 0.3) is 0 Å². The SMILES string of the molecule is C=CC(=O)SC1C[Se]CC(SC(=O)C=C)[Se]1. The van der Waals surface area contributed by atoms with Crippen molar-refractivity contribution >= 4 is 63.7 Å². The fourth-order valence-corrected chi connectivity index (χ4v) is 13.4. The summed E-state index contributed by atoms with van der Waals surface area (Å²) in [7, 11) is 0. The van der Waals surface area contributed by atoms with Crippen molar-refractivity contribution in [2.45, 2.75) is 18.9 Å². The Morgan fingerprint density at radius 2 is 1.50 bits per heavy atom. The van der Waals surface area contributed by atoms with Gasteiger partial charge in [-0.25, -0.2) is 0 Å². The van der Waals surface area contributed by atoms with Crippen molar-refractivity contribution < 1.29 is 9.59 Å². The molecule has 0 spiro atoms. The van der Waals surface area contributed by atoms with Gasteiger partial charge < -0.3 is 0 Å². The average Bonchev–Trinajstić information content (AvgIpc) is 2.29. The standard InChI is InChI=1S/C10H12O2S2Se2/c1-3-7(11)13-9-5-15-6-10(16-9)14-8(12)4-2/h3-4,9-10H,1-2,5-6H2. The number of hydrogen-bond acceptors (Lipinski definition) is 4. The van der Waals surface area contributed by atoms with E-state index < -0.39 is 0 Å². The van der Waals surface area contributed by atoms with Crippen molar-refractivity contribution in [1.82, 2.24) is 0 Å². The molecule has 0 bridgehead atoms. The maximum absolute atomic E-state index is 11.2. The summed E-state index contributed by atoms with van der Waals surface area (Å²) >= 11 is 3.71. The third-order valence-corrected chi connectivity index (χ3v) is 13.1. The molecule has 0 aromatic carbocycles. The Bertz CT molecular complexity index is 279. The van der Waals surface area contributed by atoms with Gasteiger partial charge in [0.05, 0.1) is 0 Å². The van der Waals surface area contributed by atoms with E-state index in [1.54, 1.807) is 0 Å². The molecule has 2 nitrogen and oxygen atoms in total. The fourth-order valence-electron chi connectivity index (χ4n) is 0.987. The molecule has 6 heteroatoms. The quantitative estimate of drug-likeness (QED) is 0.545. The molecule has 0 aromatic heterocycles. The summed E-state index contributed by atoms with van der Waals surface area (Å²) in [6, 6.07) is 0. The van der Waals surface area contributed by atoms with E-state index in [0.717, 1.165) is 10.6 Å². The molecule has 0 aliphatic carbocycles. The van der Waals surface area contributed by atoms with E-state index in [-0.39, 0.29) is 10.2 Å². The Kier molecular flexibility index (Phi) is 7.13. The Morgan fingerprint density at radius 1 is 1.06 bits per heavy atom. The molecule has 88 valence electrons. The minimum atomic E-state index is 0.0587. The molecule has 0 radical (unpaired) electrons. The fraction of sp³-hybridized carbons (Fsp3) is 0.400. The number of carbonyl (C=O) groups excluding carboxylic acids is 2. The summed E-state index contributed by atoms with van der Waals surface area (Å²) in [5.74, 6) is 0. The van der Waals surface area contributed by atoms with E-state index >= 15 is 0 Å². The first-order valence-corrected chi connectivity index (χ1v) is 10.7. The van der Waals surface area contributed by atoms with Crippen LogP contribution in [0.5, 0.6) is 0 Å². The van der Waals surface area contributed by atoms with Crippen molar-refractivity contribution in [3.05, 3.63) is 25.3 Å². The topological polar surface area (TPSA) is 34.1 Å². The van der Waals surface area contributed by atoms with Gasteiger partial charge in [0.15, 0.2) is 0 Å². The molecule has 2 unspecified atom stereocenters. The minimum absolute atomic E-state index is 0.0587. The zero-order valence-corrected chi connectivity index (χ0v) is 13.6. The normalized spacial score (nSPS) is 24.8. The molecule has 0 saturated carbocycles. The second-order valence-corrected chi connectivity index (χ2v) is 11.8. The van der Waals surface area contributed by atoms with E-state index in [1.807, 2.05) is 0 Å². The van der Waals surface area contributed by atoms with Gasteiger partial charge in [-0.1, -0.05) is 0 Å². The third-order valence-electron chi connectivity index (χ3n) is 1.64. The second kappa shape index (κ2) is 7.80. The molecule has 16 heavy (non-hydrogen) atoms. The van der Waals surface area contributed by atoms with Crippen molar-refractivity contribution in [2.75, 3.05) is 0 Å². The zero-order chi connectivity index (χ0) is 12.0. The van der Waals surface area contributed by atoms with Crippen LogP contribution < -0.4 is 0 Å². The van der Waals surface area contributed by atoms with Crippen molar-refractivity contribution in [2.24, 2.45) is 0 Å². The molecule has 1 aliphatic rings. The van der Waals surface area contributed by atoms with Gasteiger partial charge in [-0.3, -0.25) is 0 Å². The number of thioether (sulfide) groups is 2. The van der Waals surface area contributed by atoms with Crippen molar-refractivity contribution in [3.8, 4) is 0 Å². The summed E-state index contributed by atoms with van der Waals surface area (Å²) in [4.78, 5) is 22.5. The second-order valence-electron chi connectivity index (χ2n) is 2.81. The molecular weight excluding hydrogens is 374 g/mol. The van der Waals surface area contributed by atoms with Crippen LogP contribution in [0.2, 0.25) is 10.6 Å². The van der Waals surface area contributed by atoms with Crippen LogP contribution in [0.4, 0.5) is 0 Å². The molecule has 1 rings (SSSR count). The third kappa shape index (κ3) is 5.26. The van der Waals surface area contributed by atoms with Gasteiger partial charge in [0.1, 0.15) is 0 Å². The van der Waals surface area contributed by atoms with Gasteiger partial charge >= 0.3 is 118 Å². The van der Waals surface area contributed by atoms with Crippen molar-refractivity contribution in [1.29, 1.82) is 0 Å². The molecular formula is C10H12O2S2Se2. The summed E-state index contributed by atoms with van der Waals surface area (Å²) in [6.07, 6.45) is 2.75. The Morgan fingerprint density at radius 3 is 1.88 bits per heavy atom. The number of hydrogen-bond donors (Lipinski definition) is 0. The molecule has 0 amide bonds. The van der Waals surface area contributed by atoms with Crippen molar-refractivity contribution in [3.63, 3.8) is 0 Å². The van der Waals surface area contributed by atoms with E-state index in [2.05, 4.69) is 13.2 Å². The summed E-state index contributed by atoms with van der Waals surface area (Å²) in [5.41, 5.74) is 0. The first-order chi connectivity index (χ1) is 7.65. The number of rotatable bonds is 4. The van der Waals surface area contributed by atoms with Crippen LogP contribution in [0.25, 0.3) is 0 Å². The van der Waals surface area contributed by atoms with E-state index in [9.17, 15) is 9.59 Å². The van der Waals surface area contributed by atoms with Crippen LogP contribution in [0.15, 0.2) is 25.3 Å². The average molecular weight is 386 g/mol. The zero-order valence-electron chi connectivity index (χ0n) is 8.59.